The normalized spacial score (nSPS) is 19.6. The van der Waals surface area contributed by atoms with E-state index in [4.69, 9.17) is 14.8 Å². The molecule has 222 valence electrons. The van der Waals surface area contributed by atoms with Crippen molar-refractivity contribution in [3.05, 3.63) is 40.5 Å². The number of halogens is 3. The molecule has 15 heteroatoms. The average molecular weight is 613 g/mol. The highest BCUT2D eigenvalue weighted by molar-refractivity contribution is 7.91. The Morgan fingerprint density at radius 3 is 2.63 bits per heavy atom. The standard InChI is InChI=1S/C26H31F3N6O4S2/c1-3-18-19(4-5-22(31-18)35-8-6-34(7-9-35)10-11-36)32-25-30-15-17(26(27,28)29)23(33-25)20-14-21-24(40-20)16(2)39-12-13-41(21,37)38/h4-5,14-16,36H,3,6-13H2,1-2H3,(H,30,32,33)/t16-/m0/s1. The van der Waals surface area contributed by atoms with Crippen molar-refractivity contribution in [2.75, 3.05) is 61.9 Å². The number of hydrogen-bond acceptors (Lipinski definition) is 11. The minimum Gasteiger partial charge on any atom is -0.395 e. The third-order valence-corrected chi connectivity index (χ3v) is 10.3. The number of β-amino-alcohol motifs (C(OH)–C–C–N with tert-alkyl or cyclic N) is 1. The van der Waals surface area contributed by atoms with Gasteiger partial charge in [0.1, 0.15) is 11.4 Å². The number of thiophene rings is 1. The van der Waals surface area contributed by atoms with Gasteiger partial charge in [0.25, 0.3) is 0 Å². The van der Waals surface area contributed by atoms with Gasteiger partial charge in [0.05, 0.1) is 56.8 Å². The number of nitrogens with zero attached hydrogens (tertiary/aromatic N) is 5. The third-order valence-electron chi connectivity index (χ3n) is 7.13. The van der Waals surface area contributed by atoms with E-state index in [1.54, 1.807) is 13.0 Å². The predicted molar refractivity (Wildman–Crippen MR) is 149 cm³/mol. The van der Waals surface area contributed by atoms with Crippen LogP contribution in [-0.2, 0) is 27.2 Å². The number of alkyl halides is 3. The lowest BCUT2D eigenvalue weighted by Crippen LogP contribution is -2.47. The van der Waals surface area contributed by atoms with Crippen molar-refractivity contribution in [3.8, 4) is 10.6 Å². The summed E-state index contributed by atoms with van der Waals surface area (Å²) < 4.78 is 73.1. The van der Waals surface area contributed by atoms with E-state index in [1.807, 2.05) is 13.0 Å². The van der Waals surface area contributed by atoms with Gasteiger partial charge in [-0.2, -0.15) is 13.2 Å². The van der Waals surface area contributed by atoms with Crippen LogP contribution in [0.5, 0.6) is 0 Å². The lowest BCUT2D eigenvalue weighted by atomic mass is 10.2. The summed E-state index contributed by atoms with van der Waals surface area (Å²) >= 11 is 0.929. The molecule has 1 fully saturated rings. The quantitative estimate of drug-likeness (QED) is 0.407. The number of piperazine rings is 1. The van der Waals surface area contributed by atoms with Crippen LogP contribution < -0.4 is 10.2 Å². The van der Waals surface area contributed by atoms with E-state index < -0.39 is 33.4 Å². The molecule has 2 aliphatic rings. The van der Waals surface area contributed by atoms with Crippen molar-refractivity contribution in [1.82, 2.24) is 19.9 Å². The molecule has 0 amide bonds. The Labute approximate surface area is 240 Å². The van der Waals surface area contributed by atoms with Crippen LogP contribution >= 0.6 is 11.3 Å². The summed E-state index contributed by atoms with van der Waals surface area (Å²) in [4.78, 5) is 17.7. The van der Waals surface area contributed by atoms with Crippen molar-refractivity contribution in [2.45, 2.75) is 37.4 Å². The Morgan fingerprint density at radius 2 is 1.95 bits per heavy atom. The Bertz CT molecular complexity index is 1510. The van der Waals surface area contributed by atoms with E-state index in [2.05, 4.69) is 25.1 Å². The van der Waals surface area contributed by atoms with Crippen LogP contribution in [-0.4, -0.2) is 85.1 Å². The zero-order valence-corrected chi connectivity index (χ0v) is 24.2. The number of anilines is 3. The Morgan fingerprint density at radius 1 is 1.20 bits per heavy atom. The molecule has 2 aliphatic heterocycles. The monoisotopic (exact) mass is 612 g/mol. The molecule has 0 radical (unpaired) electrons. The second-order valence-electron chi connectivity index (χ2n) is 9.82. The zero-order valence-electron chi connectivity index (χ0n) is 22.6. The highest BCUT2D eigenvalue weighted by atomic mass is 32.2. The van der Waals surface area contributed by atoms with Gasteiger partial charge in [0, 0.05) is 38.9 Å². The fraction of sp³-hybridized carbons (Fsp3) is 0.500. The van der Waals surface area contributed by atoms with Crippen molar-refractivity contribution in [2.24, 2.45) is 0 Å². The molecule has 5 heterocycles. The van der Waals surface area contributed by atoms with E-state index in [-0.39, 0.29) is 34.7 Å². The predicted octanol–water partition coefficient (Wildman–Crippen LogP) is 3.90. The zero-order chi connectivity index (χ0) is 29.4. The van der Waals surface area contributed by atoms with Gasteiger partial charge in [0.2, 0.25) is 5.95 Å². The third kappa shape index (κ3) is 6.33. The van der Waals surface area contributed by atoms with Crippen LogP contribution in [0.3, 0.4) is 0 Å². The minimum absolute atomic E-state index is 0.0160. The van der Waals surface area contributed by atoms with E-state index in [1.165, 1.54) is 6.07 Å². The highest BCUT2D eigenvalue weighted by Gasteiger charge is 2.37. The van der Waals surface area contributed by atoms with Crippen molar-refractivity contribution >= 4 is 38.6 Å². The van der Waals surface area contributed by atoms with E-state index >= 15 is 0 Å². The molecule has 1 atom stereocenters. The van der Waals surface area contributed by atoms with Gasteiger partial charge in [-0.15, -0.1) is 11.3 Å². The Balaban J connectivity index is 1.46. The summed E-state index contributed by atoms with van der Waals surface area (Å²) in [6, 6.07) is 4.91. The summed E-state index contributed by atoms with van der Waals surface area (Å²) in [7, 11) is -3.72. The van der Waals surface area contributed by atoms with Gasteiger partial charge < -0.3 is 20.1 Å². The molecule has 1 saturated heterocycles. The maximum atomic E-state index is 14.0. The number of nitrogens with one attached hydrogen (secondary N) is 1. The molecule has 5 rings (SSSR count). The van der Waals surface area contributed by atoms with Gasteiger partial charge in [-0.1, -0.05) is 6.92 Å². The van der Waals surface area contributed by atoms with E-state index in [0.717, 1.165) is 43.3 Å². The molecular weight excluding hydrogens is 581 g/mol. The number of rotatable bonds is 7. The largest absolute Gasteiger partial charge is 0.420 e. The lowest BCUT2D eigenvalue weighted by molar-refractivity contribution is -0.137. The first-order valence-electron chi connectivity index (χ1n) is 13.3. The first kappa shape index (κ1) is 29.6. The summed E-state index contributed by atoms with van der Waals surface area (Å²) in [5.74, 6) is 0.484. The maximum Gasteiger partial charge on any atom is 0.420 e. The molecule has 3 aromatic heterocycles. The van der Waals surface area contributed by atoms with Gasteiger partial charge in [0.15, 0.2) is 9.84 Å². The summed E-state index contributed by atoms with van der Waals surface area (Å²) in [6.45, 7) is 7.52. The van der Waals surface area contributed by atoms with Gasteiger partial charge in [-0.3, -0.25) is 4.90 Å². The number of fused-ring (bicyclic) bond motifs is 1. The molecule has 0 aromatic carbocycles. The summed E-state index contributed by atoms with van der Waals surface area (Å²) in [5.41, 5.74) is -0.202. The molecule has 0 aliphatic carbocycles. The second-order valence-corrected chi connectivity index (χ2v) is 13.0. The van der Waals surface area contributed by atoms with E-state index in [9.17, 15) is 21.6 Å². The smallest absolute Gasteiger partial charge is 0.395 e. The molecule has 0 unspecified atom stereocenters. The van der Waals surface area contributed by atoms with Crippen molar-refractivity contribution in [3.63, 3.8) is 0 Å². The van der Waals surface area contributed by atoms with Crippen LogP contribution in [0.15, 0.2) is 29.3 Å². The number of sulfone groups is 1. The fourth-order valence-electron chi connectivity index (χ4n) is 4.90. The van der Waals surface area contributed by atoms with Gasteiger partial charge >= 0.3 is 6.18 Å². The SMILES string of the molecule is CCc1nc(N2CCN(CCO)CC2)ccc1Nc1ncc(C(F)(F)F)c(-c2cc3c(s2)[C@H](C)OCCS3(=O)=O)n1. The average Bonchev–Trinajstić information content (AvgIpc) is 3.36. The second kappa shape index (κ2) is 11.8. The molecule has 0 spiro atoms. The highest BCUT2D eigenvalue weighted by Crippen LogP contribution is 2.44. The molecule has 41 heavy (non-hydrogen) atoms. The number of aliphatic hydroxyl groups is 1. The van der Waals surface area contributed by atoms with Crippen LogP contribution in [0.25, 0.3) is 10.6 Å². The summed E-state index contributed by atoms with van der Waals surface area (Å²) in [5, 5.41) is 12.2. The maximum absolute atomic E-state index is 14.0. The Hall–Kier alpha value is -2.85. The number of aromatic nitrogens is 3. The molecule has 0 bridgehead atoms. The summed E-state index contributed by atoms with van der Waals surface area (Å²) in [6.07, 6.45) is -4.07. The first-order chi connectivity index (χ1) is 19.5. The fourth-order valence-corrected chi connectivity index (χ4v) is 7.85. The van der Waals surface area contributed by atoms with Crippen LogP contribution in [0.2, 0.25) is 0 Å². The first-order valence-corrected chi connectivity index (χ1v) is 15.7. The molecule has 0 saturated carbocycles. The van der Waals surface area contributed by atoms with Gasteiger partial charge in [-0.25, -0.2) is 23.4 Å². The van der Waals surface area contributed by atoms with Crippen LogP contribution in [0.4, 0.5) is 30.6 Å². The van der Waals surface area contributed by atoms with Crippen LogP contribution in [0.1, 0.15) is 36.1 Å². The minimum atomic E-state index is -4.75. The number of ether oxygens (including phenoxy) is 1. The van der Waals surface area contributed by atoms with Crippen molar-refractivity contribution in [1.29, 1.82) is 0 Å². The lowest BCUT2D eigenvalue weighted by Gasteiger charge is -2.35. The molecular formula is C26H31F3N6O4S2. The van der Waals surface area contributed by atoms with Gasteiger partial charge in [-0.05, 0) is 31.5 Å². The number of aryl methyl sites for hydroxylation is 1. The molecule has 2 N–H and O–H groups in total. The topological polar surface area (TPSA) is 121 Å². The van der Waals surface area contributed by atoms with Crippen molar-refractivity contribution < 1.29 is 31.4 Å². The number of aliphatic hydroxyl groups excluding tert-OH is 1. The Kier molecular flexibility index (Phi) is 8.53. The molecule has 10 nitrogen and oxygen atoms in total. The van der Waals surface area contributed by atoms with Crippen LogP contribution in [0, 0.1) is 0 Å². The number of hydrogen-bond donors (Lipinski definition) is 2. The van der Waals surface area contributed by atoms with E-state index in [0.29, 0.717) is 35.4 Å². The molecule has 3 aromatic rings. The number of pyridine rings is 1.